The molecule has 0 aromatic heterocycles. The van der Waals surface area contributed by atoms with Crippen molar-refractivity contribution in [3.63, 3.8) is 0 Å². The predicted molar refractivity (Wildman–Crippen MR) is 114 cm³/mol. The van der Waals surface area contributed by atoms with Crippen LogP contribution in [0.4, 0.5) is 5.69 Å². The average Bonchev–Trinajstić information content (AvgIpc) is 2.57. The Kier molecular flexibility index (Phi) is 6.16. The van der Waals surface area contributed by atoms with Gasteiger partial charge in [-0.1, -0.05) is 45.0 Å². The Morgan fingerprint density at radius 2 is 1.83 bits per heavy atom. The number of ether oxygens (including phenoxy) is 1. The molecule has 4 rings (SSSR count). The molecule has 5 heteroatoms. The molecule has 0 bridgehead atoms. The predicted octanol–water partition coefficient (Wildman–Crippen LogP) is 0.777. The number of aliphatic carboxylic acids is 1. The van der Waals surface area contributed by atoms with Crippen LogP contribution in [0.5, 0.6) is 5.75 Å². The summed E-state index contributed by atoms with van der Waals surface area (Å²) in [6.45, 7) is 11.8. The molecule has 152 valence electrons. The molecule has 0 atom stereocenters. The van der Waals surface area contributed by atoms with Gasteiger partial charge in [-0.3, -0.25) is 0 Å². The van der Waals surface area contributed by atoms with Crippen molar-refractivity contribution < 1.29 is 44.2 Å². The summed E-state index contributed by atoms with van der Waals surface area (Å²) in [7, 11) is 0. The van der Waals surface area contributed by atoms with Gasteiger partial charge in [-0.15, -0.1) is 0 Å². The summed E-state index contributed by atoms with van der Waals surface area (Å²) in [5.74, 6) is -0.433. The number of carboxylic acids is 1. The number of hydrogen-bond donors (Lipinski definition) is 0. The first-order valence-corrected chi connectivity index (χ1v) is 10.2. The molecule has 30 heavy (non-hydrogen) atoms. The number of carboxylic acid groups (broad SMARTS) is 1. The average molecular weight is 413 g/mol. The summed E-state index contributed by atoms with van der Waals surface area (Å²) in [5.41, 5.74) is 5.28. The van der Waals surface area contributed by atoms with E-state index in [1.807, 2.05) is 12.1 Å². The van der Waals surface area contributed by atoms with E-state index in [2.05, 4.69) is 75.9 Å². The van der Waals surface area contributed by atoms with Gasteiger partial charge in [-0.25, -0.2) is 0 Å². The maximum absolute atomic E-state index is 11.0. The molecule has 2 heterocycles. The molecule has 0 saturated carbocycles. The van der Waals surface area contributed by atoms with Crippen LogP contribution in [0.2, 0.25) is 0 Å². The fraction of sp³-hybridized carbons (Fsp3) is 0.400. The van der Waals surface area contributed by atoms with Crippen molar-refractivity contribution in [2.75, 3.05) is 18.0 Å². The fourth-order valence-corrected chi connectivity index (χ4v) is 3.98. The minimum atomic E-state index is -0.963. The molecular formula is C25H28NNaO3. The second-order valence-electron chi connectivity index (χ2n) is 9.70. The van der Waals surface area contributed by atoms with Crippen molar-refractivity contribution in [3.8, 4) is 5.75 Å². The van der Waals surface area contributed by atoms with Crippen LogP contribution < -0.4 is 44.3 Å². The van der Waals surface area contributed by atoms with Gasteiger partial charge < -0.3 is 19.5 Å². The molecule has 0 aliphatic carbocycles. The smallest absolute Gasteiger partial charge is 0.550 e. The van der Waals surface area contributed by atoms with Crippen LogP contribution in [0.1, 0.15) is 51.3 Å². The van der Waals surface area contributed by atoms with E-state index >= 15 is 0 Å². The molecule has 0 unspecified atom stereocenters. The molecular weight excluding hydrogens is 385 g/mol. The van der Waals surface area contributed by atoms with E-state index in [0.29, 0.717) is 13.1 Å². The van der Waals surface area contributed by atoms with Gasteiger partial charge >= 0.3 is 29.6 Å². The van der Waals surface area contributed by atoms with Crippen molar-refractivity contribution in [3.05, 3.63) is 65.2 Å². The van der Waals surface area contributed by atoms with E-state index in [9.17, 15) is 9.90 Å². The second kappa shape index (κ2) is 8.07. The Labute approximate surface area is 201 Å². The fourth-order valence-electron chi connectivity index (χ4n) is 3.98. The Morgan fingerprint density at radius 3 is 2.47 bits per heavy atom. The normalized spacial score (nSPS) is 17.8. The van der Waals surface area contributed by atoms with Crippen LogP contribution in [0.3, 0.4) is 0 Å². The number of carbonyl (C=O) groups is 1. The second-order valence-corrected chi connectivity index (χ2v) is 9.70. The van der Waals surface area contributed by atoms with Gasteiger partial charge in [-0.2, -0.15) is 0 Å². The summed E-state index contributed by atoms with van der Waals surface area (Å²) >= 11 is 0. The summed E-state index contributed by atoms with van der Waals surface area (Å²) in [5, 5.41) is 11.0. The molecule has 2 aliphatic rings. The number of nitrogens with zero attached hydrogens (tertiary/aromatic N) is 1. The van der Waals surface area contributed by atoms with Gasteiger partial charge in [0.05, 0.1) is 0 Å². The molecule has 4 nitrogen and oxygen atoms in total. The summed E-state index contributed by atoms with van der Waals surface area (Å²) < 4.78 is 6.30. The van der Waals surface area contributed by atoms with Crippen LogP contribution in [0.25, 0.3) is 5.57 Å². The molecule has 0 spiro atoms. The zero-order chi connectivity index (χ0) is 21.0. The van der Waals surface area contributed by atoms with Crippen molar-refractivity contribution in [1.29, 1.82) is 0 Å². The van der Waals surface area contributed by atoms with Gasteiger partial charge in [0.25, 0.3) is 0 Å². The quantitative estimate of drug-likeness (QED) is 0.698. The number of benzene rings is 2. The van der Waals surface area contributed by atoms with Crippen LogP contribution in [-0.4, -0.2) is 24.7 Å². The first-order chi connectivity index (χ1) is 13.5. The van der Waals surface area contributed by atoms with Gasteiger partial charge in [-0.05, 0) is 60.2 Å². The maximum Gasteiger partial charge on any atom is 1.00 e. The van der Waals surface area contributed by atoms with Crippen LogP contribution in [0, 0.1) is 5.92 Å². The third kappa shape index (κ3) is 4.46. The van der Waals surface area contributed by atoms with E-state index in [-0.39, 0.29) is 40.9 Å². The van der Waals surface area contributed by atoms with Gasteiger partial charge in [0, 0.05) is 36.2 Å². The minimum absolute atomic E-state index is 0. The van der Waals surface area contributed by atoms with Gasteiger partial charge in [0.15, 0.2) is 0 Å². The SMILES string of the molecule is CC1(C)C=C(c2cccc(N3CC(C(=O)[O-])C3)c2)c2ccc(C(C)(C)C)cc2O1.[Na+]. The van der Waals surface area contributed by atoms with Gasteiger partial charge in [0.1, 0.15) is 11.4 Å². The van der Waals surface area contributed by atoms with E-state index in [1.165, 1.54) is 5.56 Å². The summed E-state index contributed by atoms with van der Waals surface area (Å²) in [6, 6.07) is 14.8. The van der Waals surface area contributed by atoms with Crippen molar-refractivity contribution >= 4 is 17.2 Å². The maximum atomic E-state index is 11.0. The molecule has 0 amide bonds. The standard InChI is InChI=1S/C25H29NO3.Na/c1-24(2,3)18-9-10-20-21(13-25(4,5)29-22(20)12-18)16-7-6-8-19(11-16)26-14-17(15-26)23(27)28;/h6-13,17H,14-15H2,1-5H3,(H,27,28);/q;+1/p-1. The van der Waals surface area contributed by atoms with Gasteiger partial charge in [0.2, 0.25) is 0 Å². The summed E-state index contributed by atoms with van der Waals surface area (Å²) in [4.78, 5) is 13.1. The zero-order valence-electron chi connectivity index (χ0n) is 18.8. The Bertz CT molecular complexity index is 998. The van der Waals surface area contributed by atoms with Crippen molar-refractivity contribution in [1.82, 2.24) is 0 Å². The topological polar surface area (TPSA) is 52.6 Å². The number of rotatable bonds is 3. The first-order valence-electron chi connectivity index (χ1n) is 10.2. The van der Waals surface area contributed by atoms with Crippen LogP contribution >= 0.6 is 0 Å². The number of anilines is 1. The molecule has 2 aromatic rings. The van der Waals surface area contributed by atoms with Crippen LogP contribution in [-0.2, 0) is 10.2 Å². The Morgan fingerprint density at radius 1 is 1.13 bits per heavy atom. The zero-order valence-corrected chi connectivity index (χ0v) is 20.8. The van der Waals surface area contributed by atoms with Crippen molar-refractivity contribution in [2.24, 2.45) is 5.92 Å². The summed E-state index contributed by atoms with van der Waals surface area (Å²) in [6.07, 6.45) is 2.17. The van der Waals surface area contributed by atoms with E-state index in [0.717, 1.165) is 28.1 Å². The van der Waals surface area contributed by atoms with Crippen LogP contribution in [0.15, 0.2) is 48.5 Å². The molecule has 1 saturated heterocycles. The van der Waals surface area contributed by atoms with E-state index in [4.69, 9.17) is 4.74 Å². The number of hydrogen-bond acceptors (Lipinski definition) is 4. The third-order valence-corrected chi connectivity index (χ3v) is 5.74. The molecule has 2 aromatic carbocycles. The monoisotopic (exact) mass is 413 g/mol. The Hall–Kier alpha value is -1.75. The van der Waals surface area contributed by atoms with Crippen molar-refractivity contribution in [2.45, 2.75) is 45.6 Å². The Balaban J connectivity index is 0.00000256. The first kappa shape index (κ1) is 22.9. The minimum Gasteiger partial charge on any atom is -0.550 e. The molecule has 2 aliphatic heterocycles. The largest absolute Gasteiger partial charge is 1.00 e. The number of carbonyl (C=O) groups excluding carboxylic acids is 1. The van der Waals surface area contributed by atoms with E-state index < -0.39 is 11.6 Å². The van der Waals surface area contributed by atoms with E-state index in [1.54, 1.807) is 0 Å². The third-order valence-electron chi connectivity index (χ3n) is 5.74. The number of fused-ring (bicyclic) bond motifs is 1. The molecule has 1 fully saturated rings. The molecule has 0 N–H and O–H groups in total. The molecule has 0 radical (unpaired) electrons.